The minimum absolute atomic E-state index is 0.0950. The van der Waals surface area contributed by atoms with E-state index in [1.54, 1.807) is 0 Å². The van der Waals surface area contributed by atoms with Crippen LogP contribution in [0.2, 0.25) is 0 Å². The molecule has 0 bridgehead atoms. The molecule has 0 aromatic rings. The molecular formula is C18H34O4. The van der Waals surface area contributed by atoms with Crippen molar-refractivity contribution < 1.29 is 20.1 Å². The van der Waals surface area contributed by atoms with Crippen LogP contribution in [0.3, 0.4) is 0 Å². The van der Waals surface area contributed by atoms with E-state index in [2.05, 4.69) is 6.92 Å². The Hall–Kier alpha value is -0.870. The summed E-state index contributed by atoms with van der Waals surface area (Å²) in [6.45, 7) is 2.22. The van der Waals surface area contributed by atoms with Crippen molar-refractivity contribution >= 4 is 5.97 Å². The lowest BCUT2D eigenvalue weighted by Gasteiger charge is -2.11. The van der Waals surface area contributed by atoms with Crippen LogP contribution >= 0.6 is 0 Å². The molecule has 4 heteroatoms. The van der Waals surface area contributed by atoms with Crippen molar-refractivity contribution in [2.24, 2.45) is 0 Å². The third-order valence-electron chi connectivity index (χ3n) is 3.81. The Kier molecular flexibility index (Phi) is 14.4. The summed E-state index contributed by atoms with van der Waals surface area (Å²) in [7, 11) is 0. The van der Waals surface area contributed by atoms with E-state index < -0.39 is 18.2 Å². The monoisotopic (exact) mass is 314 g/mol. The van der Waals surface area contributed by atoms with Crippen LogP contribution in [0.25, 0.3) is 0 Å². The van der Waals surface area contributed by atoms with Crippen LogP contribution in [0.5, 0.6) is 0 Å². The molecule has 0 aliphatic heterocycles. The number of carbonyl (C=O) groups is 1. The molecule has 0 heterocycles. The minimum atomic E-state index is -0.829. The fourth-order valence-corrected chi connectivity index (χ4v) is 2.39. The van der Waals surface area contributed by atoms with Crippen molar-refractivity contribution in [3.63, 3.8) is 0 Å². The Morgan fingerprint density at radius 2 is 1.64 bits per heavy atom. The lowest BCUT2D eigenvalue weighted by molar-refractivity contribution is -0.137. The third kappa shape index (κ3) is 15.5. The highest BCUT2D eigenvalue weighted by Gasteiger charge is 2.08. The molecule has 0 aliphatic rings. The largest absolute Gasteiger partial charge is 0.481 e. The zero-order valence-electron chi connectivity index (χ0n) is 14.0. The van der Waals surface area contributed by atoms with Crippen LogP contribution in [0.15, 0.2) is 12.2 Å². The second-order valence-electron chi connectivity index (χ2n) is 6.07. The number of aliphatic hydroxyl groups excluding tert-OH is 2. The predicted molar refractivity (Wildman–Crippen MR) is 89.9 cm³/mol. The van der Waals surface area contributed by atoms with Gasteiger partial charge in [-0.25, -0.2) is 0 Å². The summed E-state index contributed by atoms with van der Waals surface area (Å²) in [4.78, 5) is 10.4. The van der Waals surface area contributed by atoms with Gasteiger partial charge in [-0.15, -0.1) is 0 Å². The van der Waals surface area contributed by atoms with Crippen LogP contribution in [-0.2, 0) is 4.79 Å². The summed E-state index contributed by atoms with van der Waals surface area (Å²) in [6.07, 6.45) is 13.6. The Balaban J connectivity index is 3.49. The smallest absolute Gasteiger partial charge is 0.303 e. The van der Waals surface area contributed by atoms with Gasteiger partial charge in [0.05, 0.1) is 12.2 Å². The van der Waals surface area contributed by atoms with Gasteiger partial charge in [0.15, 0.2) is 0 Å². The molecule has 130 valence electrons. The Morgan fingerprint density at radius 3 is 2.32 bits per heavy atom. The number of allylic oxidation sites excluding steroid dienone is 1. The molecule has 0 saturated carbocycles. The number of unbranched alkanes of at least 4 members (excludes halogenated alkanes) is 6. The van der Waals surface area contributed by atoms with E-state index in [-0.39, 0.29) is 6.42 Å². The molecule has 2 atom stereocenters. The van der Waals surface area contributed by atoms with Gasteiger partial charge in [-0.2, -0.15) is 0 Å². The maximum Gasteiger partial charge on any atom is 0.303 e. The average molecular weight is 314 g/mol. The first-order valence-electron chi connectivity index (χ1n) is 8.80. The van der Waals surface area contributed by atoms with Crippen molar-refractivity contribution in [3.05, 3.63) is 12.2 Å². The number of carboxylic acids is 1. The first-order valence-corrected chi connectivity index (χ1v) is 8.80. The highest BCUT2D eigenvalue weighted by atomic mass is 16.4. The first-order chi connectivity index (χ1) is 10.6. The molecule has 0 fully saturated rings. The Bertz CT molecular complexity index is 289. The van der Waals surface area contributed by atoms with Gasteiger partial charge in [0.2, 0.25) is 0 Å². The summed E-state index contributed by atoms with van der Waals surface area (Å²) in [5.74, 6) is -0.829. The number of hydrogen-bond acceptors (Lipinski definition) is 3. The molecule has 4 nitrogen and oxygen atoms in total. The normalized spacial score (nSPS) is 14.3. The van der Waals surface area contributed by atoms with Crippen molar-refractivity contribution in [1.29, 1.82) is 0 Å². The topological polar surface area (TPSA) is 77.8 Å². The molecule has 0 radical (unpaired) electrons. The van der Waals surface area contributed by atoms with E-state index in [1.807, 2.05) is 12.2 Å². The van der Waals surface area contributed by atoms with Crippen molar-refractivity contribution in [2.45, 2.75) is 96.2 Å². The highest BCUT2D eigenvalue weighted by Crippen LogP contribution is 2.11. The maximum atomic E-state index is 10.4. The van der Waals surface area contributed by atoms with Crippen molar-refractivity contribution in [2.75, 3.05) is 0 Å². The van der Waals surface area contributed by atoms with E-state index in [4.69, 9.17) is 5.11 Å². The Labute approximate surface area is 135 Å². The molecule has 0 saturated heterocycles. The number of aliphatic carboxylic acids is 1. The van der Waals surface area contributed by atoms with Gasteiger partial charge in [-0.05, 0) is 38.5 Å². The van der Waals surface area contributed by atoms with E-state index in [1.165, 1.54) is 38.5 Å². The van der Waals surface area contributed by atoms with E-state index in [0.717, 1.165) is 6.42 Å². The molecule has 0 spiro atoms. The third-order valence-corrected chi connectivity index (χ3v) is 3.81. The van der Waals surface area contributed by atoms with E-state index in [0.29, 0.717) is 25.7 Å². The predicted octanol–water partition coefficient (Wildman–Crippen LogP) is 4.05. The second-order valence-corrected chi connectivity index (χ2v) is 6.07. The standard InChI is InChI=1S/C18H34O4/c1-2-3-4-5-6-7-8-9-11-16(19)14-15-17(20)12-10-13-18(21)22/h9,11,16-17,19-20H,2-8,10,12-15H2,1H3,(H,21,22)/b11-9-/t16-,17-/m1/s1. The van der Waals surface area contributed by atoms with Gasteiger partial charge in [-0.3, -0.25) is 4.79 Å². The van der Waals surface area contributed by atoms with Crippen molar-refractivity contribution in [1.82, 2.24) is 0 Å². The van der Waals surface area contributed by atoms with E-state index >= 15 is 0 Å². The van der Waals surface area contributed by atoms with Crippen LogP contribution < -0.4 is 0 Å². The number of hydrogen-bond donors (Lipinski definition) is 3. The zero-order valence-corrected chi connectivity index (χ0v) is 14.0. The first kappa shape index (κ1) is 21.1. The summed E-state index contributed by atoms with van der Waals surface area (Å²) in [6, 6.07) is 0. The molecular weight excluding hydrogens is 280 g/mol. The quantitative estimate of drug-likeness (QED) is 0.315. The minimum Gasteiger partial charge on any atom is -0.481 e. The van der Waals surface area contributed by atoms with Crippen LogP contribution in [0, 0.1) is 0 Å². The fraction of sp³-hybridized carbons (Fsp3) is 0.833. The van der Waals surface area contributed by atoms with Gasteiger partial charge in [0.25, 0.3) is 0 Å². The molecule has 0 aromatic carbocycles. The van der Waals surface area contributed by atoms with Crippen molar-refractivity contribution in [3.8, 4) is 0 Å². The molecule has 0 amide bonds. The lowest BCUT2D eigenvalue weighted by atomic mass is 10.0. The molecule has 0 aromatic heterocycles. The number of carboxylic acid groups (broad SMARTS) is 1. The summed E-state index contributed by atoms with van der Waals surface area (Å²) < 4.78 is 0. The number of rotatable bonds is 15. The fourth-order valence-electron chi connectivity index (χ4n) is 2.39. The maximum absolute atomic E-state index is 10.4. The summed E-state index contributed by atoms with van der Waals surface area (Å²) >= 11 is 0. The van der Waals surface area contributed by atoms with Gasteiger partial charge in [0.1, 0.15) is 0 Å². The molecule has 3 N–H and O–H groups in total. The Morgan fingerprint density at radius 1 is 0.955 bits per heavy atom. The van der Waals surface area contributed by atoms with Gasteiger partial charge in [-0.1, -0.05) is 51.2 Å². The van der Waals surface area contributed by atoms with Gasteiger partial charge >= 0.3 is 5.97 Å². The van der Waals surface area contributed by atoms with Crippen LogP contribution in [0.1, 0.15) is 84.0 Å². The van der Waals surface area contributed by atoms with Crippen LogP contribution in [0.4, 0.5) is 0 Å². The molecule has 0 aliphatic carbocycles. The zero-order chi connectivity index (χ0) is 16.6. The number of aliphatic hydroxyl groups is 2. The highest BCUT2D eigenvalue weighted by molar-refractivity contribution is 5.66. The molecule has 0 rings (SSSR count). The SMILES string of the molecule is CCCCCCCC/C=C\[C@@H](O)CC[C@H](O)CCCC(=O)O. The van der Waals surface area contributed by atoms with Gasteiger partial charge in [0, 0.05) is 6.42 Å². The van der Waals surface area contributed by atoms with E-state index in [9.17, 15) is 15.0 Å². The average Bonchev–Trinajstić information content (AvgIpc) is 2.47. The summed E-state index contributed by atoms with van der Waals surface area (Å²) in [5.41, 5.74) is 0. The van der Waals surface area contributed by atoms with Gasteiger partial charge < -0.3 is 15.3 Å². The second kappa shape index (κ2) is 15.0. The van der Waals surface area contributed by atoms with Crippen LogP contribution in [-0.4, -0.2) is 33.5 Å². The molecule has 0 unspecified atom stereocenters. The molecule has 22 heavy (non-hydrogen) atoms. The summed E-state index contributed by atoms with van der Waals surface area (Å²) in [5, 5.41) is 28.0. The lowest BCUT2D eigenvalue weighted by Crippen LogP contribution is -2.12.